The lowest BCUT2D eigenvalue weighted by Gasteiger charge is -2.09. The van der Waals surface area contributed by atoms with Crippen molar-refractivity contribution in [1.29, 1.82) is 0 Å². The van der Waals surface area contributed by atoms with E-state index >= 15 is 0 Å². The van der Waals surface area contributed by atoms with Crippen molar-refractivity contribution in [3.05, 3.63) is 59.2 Å². The standard InChI is InChI=1S/C16H14F2O3/c1-20-9-10-5-11(7-12(6-10)16(19)21-2)14-4-3-13(17)8-15(14)18/h3-8H,9H2,1-2H3. The Bertz CT molecular complexity index is 669. The number of ether oxygens (including phenoxy) is 2. The first-order chi connectivity index (χ1) is 10.0. The Kier molecular flexibility index (Phi) is 4.65. The zero-order chi connectivity index (χ0) is 15.4. The molecule has 0 N–H and O–H groups in total. The van der Waals surface area contributed by atoms with Crippen LogP contribution in [0.15, 0.2) is 36.4 Å². The van der Waals surface area contributed by atoms with Gasteiger partial charge in [-0.3, -0.25) is 0 Å². The quantitative estimate of drug-likeness (QED) is 0.808. The maximum Gasteiger partial charge on any atom is 0.337 e. The number of esters is 1. The van der Waals surface area contributed by atoms with Crippen molar-refractivity contribution < 1.29 is 23.0 Å². The number of rotatable bonds is 4. The number of hydrogen-bond acceptors (Lipinski definition) is 3. The van der Waals surface area contributed by atoms with Gasteiger partial charge in [0.25, 0.3) is 0 Å². The van der Waals surface area contributed by atoms with Crippen LogP contribution >= 0.6 is 0 Å². The summed E-state index contributed by atoms with van der Waals surface area (Å²) in [5.41, 5.74) is 1.65. The van der Waals surface area contributed by atoms with Crippen molar-refractivity contribution in [1.82, 2.24) is 0 Å². The van der Waals surface area contributed by atoms with Crippen molar-refractivity contribution >= 4 is 5.97 Å². The van der Waals surface area contributed by atoms with E-state index in [0.29, 0.717) is 11.1 Å². The highest BCUT2D eigenvalue weighted by molar-refractivity contribution is 5.91. The van der Waals surface area contributed by atoms with Crippen molar-refractivity contribution in [3.63, 3.8) is 0 Å². The molecule has 0 aliphatic rings. The van der Waals surface area contributed by atoms with Gasteiger partial charge >= 0.3 is 5.97 Å². The summed E-state index contributed by atoms with van der Waals surface area (Å²) < 4.78 is 36.6. The SMILES string of the molecule is COCc1cc(C(=O)OC)cc(-c2ccc(F)cc2F)c1. The van der Waals surface area contributed by atoms with Crippen LogP contribution in [0.5, 0.6) is 0 Å². The smallest absolute Gasteiger partial charge is 0.337 e. The molecule has 21 heavy (non-hydrogen) atoms. The zero-order valence-electron chi connectivity index (χ0n) is 11.7. The van der Waals surface area contributed by atoms with E-state index in [-0.39, 0.29) is 17.7 Å². The highest BCUT2D eigenvalue weighted by atomic mass is 19.1. The molecule has 110 valence electrons. The van der Waals surface area contributed by atoms with E-state index in [1.165, 1.54) is 32.4 Å². The van der Waals surface area contributed by atoms with E-state index in [1.807, 2.05) is 0 Å². The van der Waals surface area contributed by atoms with Crippen LogP contribution in [0.25, 0.3) is 11.1 Å². The molecular weight excluding hydrogens is 278 g/mol. The Morgan fingerprint density at radius 3 is 2.48 bits per heavy atom. The predicted molar refractivity (Wildman–Crippen MR) is 73.8 cm³/mol. The molecule has 0 saturated carbocycles. The molecule has 2 aromatic rings. The van der Waals surface area contributed by atoms with Crippen LogP contribution in [0, 0.1) is 11.6 Å². The van der Waals surface area contributed by atoms with Crippen molar-refractivity contribution in [2.75, 3.05) is 14.2 Å². The summed E-state index contributed by atoms with van der Waals surface area (Å²) >= 11 is 0. The van der Waals surface area contributed by atoms with Crippen LogP contribution in [-0.2, 0) is 16.1 Å². The molecule has 0 atom stereocenters. The van der Waals surface area contributed by atoms with E-state index in [9.17, 15) is 13.6 Å². The lowest BCUT2D eigenvalue weighted by molar-refractivity contribution is 0.0600. The first kappa shape index (κ1) is 15.1. The van der Waals surface area contributed by atoms with Gasteiger partial charge in [0.05, 0.1) is 19.3 Å². The fourth-order valence-corrected chi connectivity index (χ4v) is 2.06. The van der Waals surface area contributed by atoms with E-state index < -0.39 is 17.6 Å². The highest BCUT2D eigenvalue weighted by Crippen LogP contribution is 2.26. The number of halogens is 2. The Morgan fingerprint density at radius 1 is 1.10 bits per heavy atom. The number of hydrogen-bond donors (Lipinski definition) is 0. The summed E-state index contributed by atoms with van der Waals surface area (Å²) in [7, 11) is 2.78. The van der Waals surface area contributed by atoms with Gasteiger partial charge in [-0.05, 0) is 41.5 Å². The summed E-state index contributed by atoms with van der Waals surface area (Å²) in [5.74, 6) is -1.88. The van der Waals surface area contributed by atoms with Gasteiger partial charge in [-0.1, -0.05) is 0 Å². The second-order valence-electron chi connectivity index (χ2n) is 4.47. The van der Waals surface area contributed by atoms with Crippen LogP contribution in [0.3, 0.4) is 0 Å². The van der Waals surface area contributed by atoms with Gasteiger partial charge in [0, 0.05) is 18.7 Å². The van der Waals surface area contributed by atoms with Crippen LogP contribution in [-0.4, -0.2) is 20.2 Å². The molecule has 0 aliphatic heterocycles. The van der Waals surface area contributed by atoms with Gasteiger partial charge in [-0.15, -0.1) is 0 Å². The van der Waals surface area contributed by atoms with Crippen molar-refractivity contribution in [3.8, 4) is 11.1 Å². The van der Waals surface area contributed by atoms with E-state index in [4.69, 9.17) is 4.74 Å². The summed E-state index contributed by atoms with van der Waals surface area (Å²) in [6.07, 6.45) is 0. The zero-order valence-corrected chi connectivity index (χ0v) is 11.7. The molecule has 0 aromatic heterocycles. The first-order valence-corrected chi connectivity index (χ1v) is 6.22. The van der Waals surface area contributed by atoms with Gasteiger partial charge < -0.3 is 9.47 Å². The second-order valence-corrected chi connectivity index (χ2v) is 4.47. The summed E-state index contributed by atoms with van der Waals surface area (Å²) in [6, 6.07) is 8.10. The minimum Gasteiger partial charge on any atom is -0.465 e. The van der Waals surface area contributed by atoms with Crippen LogP contribution < -0.4 is 0 Å². The highest BCUT2D eigenvalue weighted by Gasteiger charge is 2.13. The number of methoxy groups -OCH3 is 2. The number of carbonyl (C=O) groups excluding carboxylic acids is 1. The third kappa shape index (κ3) is 3.44. The molecule has 0 radical (unpaired) electrons. The molecule has 0 unspecified atom stereocenters. The fraction of sp³-hybridized carbons (Fsp3) is 0.188. The van der Waals surface area contributed by atoms with Crippen LogP contribution in [0.2, 0.25) is 0 Å². The molecule has 5 heteroatoms. The molecule has 0 heterocycles. The molecule has 2 rings (SSSR count). The van der Waals surface area contributed by atoms with Crippen molar-refractivity contribution in [2.24, 2.45) is 0 Å². The molecule has 0 aliphatic carbocycles. The Morgan fingerprint density at radius 2 is 1.86 bits per heavy atom. The Labute approximate surface area is 121 Å². The monoisotopic (exact) mass is 292 g/mol. The molecule has 2 aromatic carbocycles. The summed E-state index contributed by atoms with van der Waals surface area (Å²) in [5, 5.41) is 0. The number of benzene rings is 2. The third-order valence-electron chi connectivity index (χ3n) is 2.97. The molecular formula is C16H14F2O3. The first-order valence-electron chi connectivity index (χ1n) is 6.22. The number of carbonyl (C=O) groups is 1. The average molecular weight is 292 g/mol. The molecule has 0 spiro atoms. The lowest BCUT2D eigenvalue weighted by Crippen LogP contribution is -2.03. The maximum absolute atomic E-state index is 13.9. The second kappa shape index (κ2) is 6.45. The van der Waals surface area contributed by atoms with Crippen molar-refractivity contribution in [2.45, 2.75) is 6.61 Å². The maximum atomic E-state index is 13.9. The summed E-state index contributed by atoms with van der Waals surface area (Å²) in [6.45, 7) is 0.265. The molecule has 0 bridgehead atoms. The van der Waals surface area contributed by atoms with Gasteiger partial charge in [-0.2, -0.15) is 0 Å². The van der Waals surface area contributed by atoms with E-state index in [2.05, 4.69) is 4.74 Å². The van der Waals surface area contributed by atoms with Crippen LogP contribution in [0.4, 0.5) is 8.78 Å². The van der Waals surface area contributed by atoms with Crippen LogP contribution in [0.1, 0.15) is 15.9 Å². The summed E-state index contributed by atoms with van der Waals surface area (Å²) in [4.78, 5) is 11.7. The lowest BCUT2D eigenvalue weighted by atomic mass is 9.99. The third-order valence-corrected chi connectivity index (χ3v) is 2.97. The molecule has 0 fully saturated rings. The molecule has 0 saturated heterocycles. The largest absolute Gasteiger partial charge is 0.465 e. The topological polar surface area (TPSA) is 35.5 Å². The molecule has 3 nitrogen and oxygen atoms in total. The minimum atomic E-state index is -0.694. The molecule has 0 amide bonds. The average Bonchev–Trinajstić information content (AvgIpc) is 2.46. The van der Waals surface area contributed by atoms with Gasteiger partial charge in [0.15, 0.2) is 0 Å². The minimum absolute atomic E-state index is 0.208. The fourth-order valence-electron chi connectivity index (χ4n) is 2.06. The Hall–Kier alpha value is -2.27. The van der Waals surface area contributed by atoms with E-state index in [0.717, 1.165) is 6.07 Å². The predicted octanol–water partition coefficient (Wildman–Crippen LogP) is 3.56. The Balaban J connectivity index is 2.56. The van der Waals surface area contributed by atoms with Gasteiger partial charge in [-0.25, -0.2) is 13.6 Å². The van der Waals surface area contributed by atoms with Gasteiger partial charge in [0.1, 0.15) is 11.6 Å². The van der Waals surface area contributed by atoms with Gasteiger partial charge in [0.2, 0.25) is 0 Å². The van der Waals surface area contributed by atoms with E-state index in [1.54, 1.807) is 12.1 Å². The normalized spacial score (nSPS) is 10.5.